The Kier molecular flexibility index (Phi) is 8.80. The van der Waals surface area contributed by atoms with Crippen LogP contribution < -0.4 is 4.74 Å². The van der Waals surface area contributed by atoms with Gasteiger partial charge in [0, 0.05) is 5.92 Å². The summed E-state index contributed by atoms with van der Waals surface area (Å²) in [5, 5.41) is 0. The SMILES string of the molecule is CCCCCCCCCCOc1ccc(-c2ccc(C(=O)O[C@@H]3C[C@]4(C)CC[C@H]3C4(C)C)cc2)cc1. The zero-order valence-electron chi connectivity index (χ0n) is 23.0. The van der Waals surface area contributed by atoms with Crippen molar-refractivity contribution >= 4 is 5.97 Å². The Bertz CT molecular complexity index is 972. The topological polar surface area (TPSA) is 35.5 Å². The number of carbonyl (C=O) groups excluding carboxylic acids is 1. The van der Waals surface area contributed by atoms with Gasteiger partial charge >= 0.3 is 5.97 Å². The van der Waals surface area contributed by atoms with Crippen LogP contribution in [-0.2, 0) is 4.74 Å². The van der Waals surface area contributed by atoms with Crippen molar-refractivity contribution in [1.29, 1.82) is 0 Å². The molecular weight excluding hydrogens is 444 g/mol. The van der Waals surface area contributed by atoms with Crippen LogP contribution in [0.15, 0.2) is 48.5 Å². The minimum absolute atomic E-state index is 0.0456. The number of unbranched alkanes of at least 4 members (excludes halogenated alkanes) is 7. The van der Waals surface area contributed by atoms with E-state index >= 15 is 0 Å². The molecule has 0 N–H and O–H groups in total. The van der Waals surface area contributed by atoms with E-state index in [4.69, 9.17) is 9.47 Å². The molecule has 36 heavy (non-hydrogen) atoms. The van der Waals surface area contributed by atoms with E-state index < -0.39 is 0 Å². The Balaban J connectivity index is 1.21. The molecule has 2 saturated carbocycles. The van der Waals surface area contributed by atoms with Crippen molar-refractivity contribution in [2.45, 2.75) is 104 Å². The molecule has 2 bridgehead atoms. The summed E-state index contributed by atoms with van der Waals surface area (Å²) in [7, 11) is 0. The first kappa shape index (κ1) is 26.8. The molecule has 0 heterocycles. The molecule has 4 rings (SSSR count). The average Bonchev–Trinajstić information content (AvgIpc) is 3.21. The van der Waals surface area contributed by atoms with Gasteiger partial charge in [0.2, 0.25) is 0 Å². The second kappa shape index (κ2) is 11.8. The Morgan fingerprint density at radius 1 is 0.833 bits per heavy atom. The smallest absolute Gasteiger partial charge is 0.338 e. The van der Waals surface area contributed by atoms with Crippen molar-refractivity contribution in [3.63, 3.8) is 0 Å². The van der Waals surface area contributed by atoms with E-state index in [1.54, 1.807) is 0 Å². The van der Waals surface area contributed by atoms with Gasteiger partial charge in [-0.15, -0.1) is 0 Å². The second-order valence-corrected chi connectivity index (χ2v) is 12.0. The Hall–Kier alpha value is -2.29. The molecule has 0 unspecified atom stereocenters. The number of hydrogen-bond donors (Lipinski definition) is 0. The van der Waals surface area contributed by atoms with Gasteiger partial charge in [0.15, 0.2) is 0 Å². The molecule has 3 nitrogen and oxygen atoms in total. The summed E-state index contributed by atoms with van der Waals surface area (Å²) in [6.07, 6.45) is 13.9. The lowest BCUT2D eigenvalue weighted by Gasteiger charge is -2.33. The fourth-order valence-electron chi connectivity index (χ4n) is 6.50. The largest absolute Gasteiger partial charge is 0.494 e. The maximum absolute atomic E-state index is 12.9. The van der Waals surface area contributed by atoms with Crippen LogP contribution in [0.3, 0.4) is 0 Å². The van der Waals surface area contributed by atoms with Crippen molar-refractivity contribution in [1.82, 2.24) is 0 Å². The first-order valence-corrected chi connectivity index (χ1v) is 14.4. The zero-order valence-corrected chi connectivity index (χ0v) is 23.0. The van der Waals surface area contributed by atoms with E-state index in [1.807, 2.05) is 36.4 Å². The number of esters is 1. The molecule has 0 spiro atoms. The third kappa shape index (κ3) is 5.98. The summed E-state index contributed by atoms with van der Waals surface area (Å²) in [5.41, 5.74) is 3.38. The lowest BCUT2D eigenvalue weighted by Crippen LogP contribution is -2.28. The Morgan fingerprint density at radius 3 is 1.97 bits per heavy atom. The van der Waals surface area contributed by atoms with Gasteiger partial charge in [0.25, 0.3) is 0 Å². The molecule has 0 aromatic heterocycles. The van der Waals surface area contributed by atoms with Crippen LogP contribution in [-0.4, -0.2) is 18.7 Å². The third-order valence-corrected chi connectivity index (χ3v) is 9.42. The summed E-state index contributed by atoms with van der Waals surface area (Å²) in [5.74, 6) is 1.20. The minimum atomic E-state index is -0.191. The van der Waals surface area contributed by atoms with Crippen molar-refractivity contribution < 1.29 is 14.3 Å². The van der Waals surface area contributed by atoms with Gasteiger partial charge in [-0.25, -0.2) is 4.79 Å². The predicted octanol–water partition coefficient (Wildman–Crippen LogP) is 9.24. The van der Waals surface area contributed by atoms with Crippen LogP contribution >= 0.6 is 0 Å². The first-order valence-electron chi connectivity index (χ1n) is 14.4. The van der Waals surface area contributed by atoms with E-state index in [1.165, 1.54) is 57.8 Å². The quantitative estimate of drug-likeness (QED) is 0.207. The van der Waals surface area contributed by atoms with Gasteiger partial charge in [-0.2, -0.15) is 0 Å². The van der Waals surface area contributed by atoms with Gasteiger partial charge in [0.1, 0.15) is 11.9 Å². The molecular formula is C33H46O3. The number of ether oxygens (including phenoxy) is 2. The van der Waals surface area contributed by atoms with Gasteiger partial charge < -0.3 is 9.47 Å². The molecule has 0 saturated heterocycles. The van der Waals surface area contributed by atoms with Crippen molar-refractivity contribution in [2.75, 3.05) is 6.61 Å². The van der Waals surface area contributed by atoms with Gasteiger partial charge in [0.05, 0.1) is 12.2 Å². The summed E-state index contributed by atoms with van der Waals surface area (Å²) < 4.78 is 12.0. The lowest BCUT2D eigenvalue weighted by atomic mass is 9.71. The summed E-state index contributed by atoms with van der Waals surface area (Å²) >= 11 is 0. The maximum atomic E-state index is 12.9. The molecule has 2 aromatic carbocycles. The van der Waals surface area contributed by atoms with E-state index in [0.29, 0.717) is 11.5 Å². The van der Waals surface area contributed by atoms with Crippen molar-refractivity contribution in [3.05, 3.63) is 54.1 Å². The van der Waals surface area contributed by atoms with E-state index in [0.717, 1.165) is 36.3 Å². The summed E-state index contributed by atoms with van der Waals surface area (Å²) in [4.78, 5) is 12.9. The maximum Gasteiger partial charge on any atom is 0.338 e. The highest BCUT2D eigenvalue weighted by Gasteiger charge is 2.61. The molecule has 2 aliphatic carbocycles. The second-order valence-electron chi connectivity index (χ2n) is 12.0. The number of fused-ring (bicyclic) bond motifs is 2. The molecule has 0 radical (unpaired) electrons. The molecule has 3 atom stereocenters. The van der Waals surface area contributed by atoms with Crippen LogP contribution in [0.2, 0.25) is 0 Å². The third-order valence-electron chi connectivity index (χ3n) is 9.42. The number of rotatable bonds is 13. The monoisotopic (exact) mass is 490 g/mol. The predicted molar refractivity (Wildman–Crippen MR) is 148 cm³/mol. The standard InChI is InChI=1S/C33H46O3/c1-5-6-7-8-9-10-11-12-23-35-28-19-17-26(18-20-28)25-13-15-27(16-14-25)31(34)36-30-24-33(4)22-21-29(30)32(33,2)3/h13-20,29-30H,5-12,21-24H2,1-4H3/t29-,30-,33+/m1/s1. The molecule has 3 heteroatoms. The highest BCUT2D eigenvalue weighted by Crippen LogP contribution is 2.66. The number of carbonyl (C=O) groups is 1. The number of benzene rings is 2. The number of hydrogen-bond acceptors (Lipinski definition) is 3. The molecule has 0 aliphatic heterocycles. The van der Waals surface area contributed by atoms with Crippen LogP contribution in [0, 0.1) is 16.7 Å². The fourth-order valence-corrected chi connectivity index (χ4v) is 6.50. The van der Waals surface area contributed by atoms with Gasteiger partial charge in [-0.3, -0.25) is 0 Å². The van der Waals surface area contributed by atoms with Crippen LogP contribution in [0.1, 0.15) is 109 Å². The summed E-state index contributed by atoms with van der Waals surface area (Å²) in [6, 6.07) is 16.1. The Morgan fingerprint density at radius 2 is 1.42 bits per heavy atom. The zero-order chi connectivity index (χ0) is 25.6. The van der Waals surface area contributed by atoms with Gasteiger partial charge in [-0.05, 0) is 71.9 Å². The minimum Gasteiger partial charge on any atom is -0.494 e. The lowest BCUT2D eigenvalue weighted by molar-refractivity contribution is 0.0103. The molecule has 2 aromatic rings. The highest BCUT2D eigenvalue weighted by atomic mass is 16.5. The highest BCUT2D eigenvalue weighted by molar-refractivity contribution is 5.90. The molecule has 196 valence electrons. The van der Waals surface area contributed by atoms with E-state index in [2.05, 4.69) is 39.8 Å². The van der Waals surface area contributed by atoms with Crippen molar-refractivity contribution in [2.24, 2.45) is 16.7 Å². The average molecular weight is 491 g/mol. The van der Waals surface area contributed by atoms with Crippen LogP contribution in [0.25, 0.3) is 11.1 Å². The molecule has 2 aliphatic rings. The summed E-state index contributed by atoms with van der Waals surface area (Å²) in [6.45, 7) is 10.1. The Labute approximate surface area is 219 Å². The fraction of sp³-hybridized carbons (Fsp3) is 0.606. The normalized spacial score (nSPS) is 24.1. The van der Waals surface area contributed by atoms with E-state index in [9.17, 15) is 4.79 Å². The van der Waals surface area contributed by atoms with Crippen LogP contribution in [0.4, 0.5) is 0 Å². The van der Waals surface area contributed by atoms with Crippen molar-refractivity contribution in [3.8, 4) is 16.9 Å². The van der Waals surface area contributed by atoms with Gasteiger partial charge in [-0.1, -0.05) is 96.9 Å². The van der Waals surface area contributed by atoms with Crippen LogP contribution in [0.5, 0.6) is 5.75 Å². The molecule has 2 fully saturated rings. The first-order chi connectivity index (χ1) is 17.3. The molecule has 0 amide bonds. The van der Waals surface area contributed by atoms with E-state index in [-0.39, 0.29) is 22.9 Å².